The largest absolute Gasteiger partial charge is 0.495 e. The molecule has 2 N–H and O–H groups in total. The van der Waals surface area contributed by atoms with E-state index in [0.29, 0.717) is 23.1 Å². The van der Waals surface area contributed by atoms with Gasteiger partial charge in [0.15, 0.2) is 5.13 Å². The number of thiazole rings is 1. The number of aromatic nitrogens is 1. The minimum atomic E-state index is -0.294. The van der Waals surface area contributed by atoms with E-state index in [1.165, 1.54) is 16.2 Å². The molecular weight excluding hydrogens is 424 g/mol. The van der Waals surface area contributed by atoms with E-state index in [1.54, 1.807) is 12.5 Å². The third kappa shape index (κ3) is 6.31. The molecule has 0 spiro atoms. The first kappa shape index (κ1) is 23.3. The number of rotatable bonds is 10. The molecule has 3 rings (SSSR count). The Morgan fingerprint density at radius 1 is 1.12 bits per heavy atom. The third-order valence-corrected chi connectivity index (χ3v) is 5.69. The van der Waals surface area contributed by atoms with E-state index in [-0.39, 0.29) is 24.4 Å². The van der Waals surface area contributed by atoms with Crippen LogP contribution in [0.3, 0.4) is 0 Å². The number of amides is 2. The summed E-state index contributed by atoms with van der Waals surface area (Å²) < 4.78 is 5.36. The summed E-state index contributed by atoms with van der Waals surface area (Å²) in [6, 6.07) is 17.2. The fraction of sp³-hybridized carbons (Fsp3) is 0.292. The molecule has 0 bridgehead atoms. The van der Waals surface area contributed by atoms with Gasteiger partial charge in [-0.3, -0.25) is 9.59 Å². The Morgan fingerprint density at radius 3 is 2.56 bits per heavy atom. The summed E-state index contributed by atoms with van der Waals surface area (Å²) in [6.07, 6.45) is 0.822. The monoisotopic (exact) mass is 452 g/mol. The van der Waals surface area contributed by atoms with Crippen LogP contribution in [-0.4, -0.2) is 41.4 Å². The Labute approximate surface area is 192 Å². The average Bonchev–Trinajstić information content (AvgIpc) is 3.27. The van der Waals surface area contributed by atoms with Crippen LogP contribution >= 0.6 is 11.3 Å². The lowest BCUT2D eigenvalue weighted by molar-refractivity contribution is -0.122. The van der Waals surface area contributed by atoms with E-state index in [1.807, 2.05) is 68.4 Å². The van der Waals surface area contributed by atoms with Crippen LogP contribution in [-0.2, 0) is 11.3 Å². The summed E-state index contributed by atoms with van der Waals surface area (Å²) in [5.74, 6) is 0.201. The molecule has 0 saturated heterocycles. The number of benzene rings is 2. The predicted octanol–water partition coefficient (Wildman–Crippen LogP) is 4.45. The highest BCUT2D eigenvalue weighted by Crippen LogP contribution is 2.29. The molecule has 1 heterocycles. The van der Waals surface area contributed by atoms with E-state index in [4.69, 9.17) is 4.74 Å². The van der Waals surface area contributed by atoms with Gasteiger partial charge in [-0.2, -0.15) is 0 Å². The van der Waals surface area contributed by atoms with Crippen molar-refractivity contribution in [2.24, 2.45) is 0 Å². The van der Waals surface area contributed by atoms with Crippen LogP contribution in [0.5, 0.6) is 5.75 Å². The van der Waals surface area contributed by atoms with Crippen LogP contribution < -0.4 is 15.4 Å². The zero-order chi connectivity index (χ0) is 22.9. The van der Waals surface area contributed by atoms with Gasteiger partial charge in [-0.05, 0) is 31.0 Å². The van der Waals surface area contributed by atoms with Crippen LogP contribution in [0.4, 0.5) is 10.8 Å². The summed E-state index contributed by atoms with van der Waals surface area (Å²) in [5.41, 5.74) is 2.00. The molecule has 2 aromatic carbocycles. The number of nitrogens with zero attached hydrogens (tertiary/aromatic N) is 2. The maximum Gasteiger partial charge on any atom is 0.274 e. The zero-order valence-corrected chi connectivity index (χ0v) is 19.3. The van der Waals surface area contributed by atoms with Crippen LogP contribution in [0.25, 0.3) is 0 Å². The van der Waals surface area contributed by atoms with Crippen molar-refractivity contribution in [3.05, 3.63) is 71.2 Å². The van der Waals surface area contributed by atoms with Gasteiger partial charge in [0.05, 0.1) is 12.8 Å². The Hall–Kier alpha value is -3.39. The minimum absolute atomic E-state index is 0.0368. The van der Waals surface area contributed by atoms with Crippen LogP contribution in [0.2, 0.25) is 0 Å². The van der Waals surface area contributed by atoms with Crippen LogP contribution in [0, 0.1) is 0 Å². The summed E-state index contributed by atoms with van der Waals surface area (Å²) in [6.45, 7) is 4.23. The molecule has 1 atom stereocenters. The van der Waals surface area contributed by atoms with Crippen molar-refractivity contribution in [1.29, 1.82) is 0 Å². The van der Waals surface area contributed by atoms with Gasteiger partial charge < -0.3 is 20.3 Å². The summed E-state index contributed by atoms with van der Waals surface area (Å²) in [5, 5.41) is 8.39. The first-order valence-corrected chi connectivity index (χ1v) is 11.4. The highest BCUT2D eigenvalue weighted by molar-refractivity contribution is 7.14. The number of nitrogens with one attached hydrogen (secondary N) is 2. The topological polar surface area (TPSA) is 83.6 Å². The van der Waals surface area contributed by atoms with Crippen molar-refractivity contribution in [3.63, 3.8) is 0 Å². The van der Waals surface area contributed by atoms with Crippen molar-refractivity contribution in [3.8, 4) is 5.75 Å². The van der Waals surface area contributed by atoms with Crippen LogP contribution in [0.15, 0.2) is 60.0 Å². The lowest BCUT2D eigenvalue weighted by Gasteiger charge is -2.22. The maximum atomic E-state index is 13.3. The molecule has 168 valence electrons. The highest BCUT2D eigenvalue weighted by atomic mass is 32.1. The number of anilines is 2. The second kappa shape index (κ2) is 11.3. The number of hydrogen-bond acceptors (Lipinski definition) is 6. The van der Waals surface area contributed by atoms with Crippen molar-refractivity contribution < 1.29 is 14.3 Å². The molecule has 1 aromatic heterocycles. The summed E-state index contributed by atoms with van der Waals surface area (Å²) >= 11 is 1.32. The van der Waals surface area contributed by atoms with E-state index in [0.717, 1.165) is 17.7 Å². The Balaban J connectivity index is 1.77. The molecule has 0 radical (unpaired) electrons. The molecule has 3 aromatic rings. The van der Waals surface area contributed by atoms with Gasteiger partial charge in [0.2, 0.25) is 5.91 Å². The van der Waals surface area contributed by atoms with Gasteiger partial charge in [-0.25, -0.2) is 4.98 Å². The van der Waals surface area contributed by atoms with E-state index >= 15 is 0 Å². The zero-order valence-electron chi connectivity index (χ0n) is 18.5. The minimum Gasteiger partial charge on any atom is -0.495 e. The molecule has 0 fully saturated rings. The Bertz CT molecular complexity index is 1040. The molecule has 8 heteroatoms. The summed E-state index contributed by atoms with van der Waals surface area (Å²) in [4.78, 5) is 31.8. The first-order valence-electron chi connectivity index (χ1n) is 10.5. The standard InChI is InChI=1S/C24H28N4O3S/c1-4-17(2)25-22(29)15-28(14-18-10-6-5-7-11-18)23(30)20-16-32-24(27-20)26-19-12-8-9-13-21(19)31-3/h5-13,16-17H,4,14-15H2,1-3H3,(H,25,29)(H,26,27)/t17-/m1/s1. The first-order chi connectivity index (χ1) is 15.5. The number of methoxy groups -OCH3 is 1. The number of carbonyl (C=O) groups is 2. The summed E-state index contributed by atoms with van der Waals surface area (Å²) in [7, 11) is 1.60. The van der Waals surface area contributed by atoms with Crippen molar-refractivity contribution in [1.82, 2.24) is 15.2 Å². The molecular formula is C24H28N4O3S. The molecule has 0 unspecified atom stereocenters. The molecule has 2 amide bonds. The molecule has 0 aliphatic heterocycles. The van der Waals surface area contributed by atoms with Gasteiger partial charge in [-0.1, -0.05) is 49.4 Å². The second-order valence-corrected chi connectivity index (χ2v) is 8.24. The Kier molecular flexibility index (Phi) is 8.21. The highest BCUT2D eigenvalue weighted by Gasteiger charge is 2.22. The third-order valence-electron chi connectivity index (χ3n) is 4.93. The van der Waals surface area contributed by atoms with Gasteiger partial charge in [0.25, 0.3) is 5.91 Å². The van der Waals surface area contributed by atoms with Crippen molar-refractivity contribution in [2.75, 3.05) is 19.0 Å². The molecule has 32 heavy (non-hydrogen) atoms. The molecule has 7 nitrogen and oxygen atoms in total. The molecule has 0 aliphatic carbocycles. The van der Waals surface area contributed by atoms with E-state index in [9.17, 15) is 9.59 Å². The smallest absolute Gasteiger partial charge is 0.274 e. The fourth-order valence-corrected chi connectivity index (χ4v) is 3.75. The second-order valence-electron chi connectivity index (χ2n) is 7.39. The van der Waals surface area contributed by atoms with Crippen LogP contribution in [0.1, 0.15) is 36.3 Å². The SMILES string of the molecule is CC[C@@H](C)NC(=O)CN(Cc1ccccc1)C(=O)c1csc(Nc2ccccc2OC)n1. The normalized spacial score (nSPS) is 11.5. The number of carbonyl (C=O) groups excluding carboxylic acids is 2. The van der Waals surface area contributed by atoms with Gasteiger partial charge in [-0.15, -0.1) is 11.3 Å². The fourth-order valence-electron chi connectivity index (χ4n) is 3.05. The quantitative estimate of drug-likeness (QED) is 0.475. The van der Waals surface area contributed by atoms with E-state index < -0.39 is 0 Å². The van der Waals surface area contributed by atoms with Crippen molar-refractivity contribution >= 4 is 34.0 Å². The molecule has 0 aliphatic rings. The van der Waals surface area contributed by atoms with Gasteiger partial charge in [0.1, 0.15) is 18.0 Å². The van der Waals surface area contributed by atoms with Gasteiger partial charge in [0, 0.05) is 18.0 Å². The van der Waals surface area contributed by atoms with Gasteiger partial charge >= 0.3 is 0 Å². The van der Waals surface area contributed by atoms with Crippen molar-refractivity contribution in [2.45, 2.75) is 32.9 Å². The number of hydrogen-bond donors (Lipinski definition) is 2. The number of ether oxygens (including phenoxy) is 1. The predicted molar refractivity (Wildman–Crippen MR) is 127 cm³/mol. The average molecular weight is 453 g/mol. The lowest BCUT2D eigenvalue weighted by Crippen LogP contribution is -2.43. The molecule has 0 saturated carbocycles. The maximum absolute atomic E-state index is 13.3. The lowest BCUT2D eigenvalue weighted by atomic mass is 10.2. The number of para-hydroxylation sites is 2. The van der Waals surface area contributed by atoms with E-state index in [2.05, 4.69) is 15.6 Å². The Morgan fingerprint density at radius 2 is 1.84 bits per heavy atom.